The molecule has 3 fully saturated rings. The first-order chi connectivity index (χ1) is 19.4. The summed E-state index contributed by atoms with van der Waals surface area (Å²) in [5, 5.41) is 22.6. The average Bonchev–Trinajstić information content (AvgIpc) is 3.65. The van der Waals surface area contributed by atoms with E-state index in [1.807, 2.05) is 66.0 Å². The van der Waals surface area contributed by atoms with E-state index in [0.717, 1.165) is 70.2 Å². The fourth-order valence-corrected chi connectivity index (χ4v) is 8.04. The number of aliphatic hydroxyl groups is 1. The second kappa shape index (κ2) is 10.1. The summed E-state index contributed by atoms with van der Waals surface area (Å²) in [4.78, 5) is 29.3. The molecule has 1 unspecified atom stereocenters. The number of fused-ring (bicyclic) bond motifs is 2. The van der Waals surface area contributed by atoms with E-state index < -0.39 is 17.1 Å². The first-order valence-electron chi connectivity index (χ1n) is 14.6. The second-order valence-corrected chi connectivity index (χ2v) is 13.8. The maximum Gasteiger partial charge on any atom is 0.249 e. The van der Waals surface area contributed by atoms with Crippen LogP contribution >= 0.6 is 15.9 Å². The van der Waals surface area contributed by atoms with Crippen molar-refractivity contribution in [2.45, 2.75) is 89.8 Å². The number of aryl methyl sites for hydroxylation is 2. The third kappa shape index (κ3) is 4.91. The van der Waals surface area contributed by atoms with Crippen molar-refractivity contribution in [1.29, 1.82) is 0 Å². The SMILES string of the molecule is Cc1cc(Br)cc(C)c1N1CCCC(NC(=O)C23CCC(n4cc(-c5cccc(C(C)(C)O)c5)nn4)(CC2)C3)C1=O. The lowest BCUT2D eigenvalue weighted by Crippen LogP contribution is -2.55. The van der Waals surface area contributed by atoms with E-state index in [9.17, 15) is 14.7 Å². The van der Waals surface area contributed by atoms with Gasteiger partial charge >= 0.3 is 0 Å². The Morgan fingerprint density at radius 1 is 1.12 bits per heavy atom. The monoisotopic (exact) mass is 619 g/mol. The molecule has 9 heteroatoms. The number of hydrogen-bond donors (Lipinski definition) is 2. The highest BCUT2D eigenvalue weighted by Gasteiger charge is 2.60. The Hall–Kier alpha value is -3.04. The van der Waals surface area contributed by atoms with E-state index in [0.29, 0.717) is 19.4 Å². The van der Waals surface area contributed by atoms with Crippen molar-refractivity contribution in [2.75, 3.05) is 11.4 Å². The second-order valence-electron chi connectivity index (χ2n) is 12.9. The van der Waals surface area contributed by atoms with Crippen molar-refractivity contribution in [2.24, 2.45) is 5.41 Å². The lowest BCUT2D eigenvalue weighted by atomic mass is 9.82. The van der Waals surface area contributed by atoms with Crippen LogP contribution in [-0.2, 0) is 20.7 Å². The molecule has 216 valence electrons. The van der Waals surface area contributed by atoms with Gasteiger partial charge in [-0.25, -0.2) is 4.68 Å². The lowest BCUT2D eigenvalue weighted by molar-refractivity contribution is -0.135. The van der Waals surface area contributed by atoms with Crippen LogP contribution in [0, 0.1) is 19.3 Å². The Labute approximate surface area is 249 Å². The maximum absolute atomic E-state index is 13.8. The van der Waals surface area contributed by atoms with Crippen molar-refractivity contribution in [1.82, 2.24) is 20.3 Å². The number of halogens is 1. The van der Waals surface area contributed by atoms with Crippen LogP contribution in [0.25, 0.3) is 11.3 Å². The van der Waals surface area contributed by atoms with Crippen LogP contribution in [0.1, 0.15) is 75.5 Å². The fraction of sp³-hybridized carbons (Fsp3) is 0.500. The van der Waals surface area contributed by atoms with E-state index in [4.69, 9.17) is 0 Å². The van der Waals surface area contributed by atoms with Crippen molar-refractivity contribution in [3.8, 4) is 11.3 Å². The number of aromatic nitrogens is 3. The summed E-state index contributed by atoms with van der Waals surface area (Å²) in [5.41, 5.74) is 3.85. The number of anilines is 1. The van der Waals surface area contributed by atoms with Gasteiger partial charge in [0.15, 0.2) is 0 Å². The summed E-state index contributed by atoms with van der Waals surface area (Å²) in [6.07, 6.45) is 7.45. The van der Waals surface area contributed by atoms with Crippen molar-refractivity contribution in [3.05, 3.63) is 63.8 Å². The fourth-order valence-electron chi connectivity index (χ4n) is 7.35. The Bertz CT molecular complexity index is 1490. The highest BCUT2D eigenvalue weighted by Crippen LogP contribution is 2.60. The standard InChI is InChI=1S/C32H38BrN5O3/c1-20-15-24(33)16-21(2)27(20)37-14-6-9-25(28(37)39)34-29(40)31-10-12-32(19-31,13-11-31)38-18-26(35-36-38)22-7-5-8-23(17-22)30(3,4)41/h5,7-8,15-18,25,41H,6,9-14,19H2,1-4H3,(H,34,40). The molecular weight excluding hydrogens is 582 g/mol. The summed E-state index contributed by atoms with van der Waals surface area (Å²) >= 11 is 3.55. The number of piperidine rings is 1. The van der Waals surface area contributed by atoms with Gasteiger partial charge < -0.3 is 15.3 Å². The summed E-state index contributed by atoms with van der Waals surface area (Å²) < 4.78 is 2.96. The molecule has 2 heterocycles. The van der Waals surface area contributed by atoms with E-state index in [-0.39, 0.29) is 17.4 Å². The van der Waals surface area contributed by atoms with Crippen LogP contribution in [0.4, 0.5) is 5.69 Å². The number of amides is 2. The van der Waals surface area contributed by atoms with Crippen LogP contribution in [-0.4, -0.2) is 44.5 Å². The number of rotatable bonds is 6. The van der Waals surface area contributed by atoms with Gasteiger partial charge in [-0.2, -0.15) is 0 Å². The van der Waals surface area contributed by atoms with Crippen LogP contribution in [0.15, 0.2) is 47.1 Å². The van der Waals surface area contributed by atoms with Gasteiger partial charge in [0.2, 0.25) is 11.8 Å². The zero-order chi connectivity index (χ0) is 29.2. The summed E-state index contributed by atoms with van der Waals surface area (Å²) in [6.45, 7) is 8.25. The number of nitrogens with zero attached hydrogens (tertiary/aromatic N) is 4. The van der Waals surface area contributed by atoms with E-state index >= 15 is 0 Å². The molecule has 2 saturated carbocycles. The van der Waals surface area contributed by atoms with Crippen molar-refractivity contribution in [3.63, 3.8) is 0 Å². The quantitative estimate of drug-likeness (QED) is 0.378. The average molecular weight is 621 g/mol. The minimum absolute atomic E-state index is 0.000424. The van der Waals surface area contributed by atoms with Gasteiger partial charge in [-0.15, -0.1) is 5.10 Å². The summed E-state index contributed by atoms with van der Waals surface area (Å²) in [7, 11) is 0. The normalized spacial score (nSPS) is 26.0. The summed E-state index contributed by atoms with van der Waals surface area (Å²) in [5.74, 6) is -0.0227. The Kier molecular flexibility index (Phi) is 6.89. The molecule has 1 aromatic heterocycles. The minimum Gasteiger partial charge on any atom is -0.386 e. The molecule has 3 aromatic rings. The van der Waals surface area contributed by atoms with Gasteiger partial charge in [-0.3, -0.25) is 9.59 Å². The number of hydrogen-bond acceptors (Lipinski definition) is 5. The van der Waals surface area contributed by atoms with Gasteiger partial charge in [0.05, 0.1) is 22.8 Å². The van der Waals surface area contributed by atoms with Crippen molar-refractivity contribution >= 4 is 33.4 Å². The van der Waals surface area contributed by atoms with Crippen LogP contribution in [0.3, 0.4) is 0 Å². The van der Waals surface area contributed by atoms with Gasteiger partial charge in [0.25, 0.3) is 0 Å². The molecule has 8 nitrogen and oxygen atoms in total. The molecule has 1 atom stereocenters. The Morgan fingerprint density at radius 2 is 1.83 bits per heavy atom. The van der Waals surface area contributed by atoms with E-state index in [1.165, 1.54) is 0 Å². The van der Waals surface area contributed by atoms with Gasteiger partial charge in [-0.05, 0) is 108 Å². The molecule has 2 amide bonds. The molecule has 41 heavy (non-hydrogen) atoms. The number of carbonyl (C=O) groups excluding carboxylic acids is 2. The first-order valence-corrected chi connectivity index (χ1v) is 15.4. The van der Waals surface area contributed by atoms with Gasteiger partial charge in [0.1, 0.15) is 11.7 Å². The summed E-state index contributed by atoms with van der Waals surface area (Å²) in [6, 6.07) is 11.3. The lowest BCUT2D eigenvalue weighted by Gasteiger charge is -2.36. The largest absolute Gasteiger partial charge is 0.386 e. The predicted octanol–water partition coefficient (Wildman–Crippen LogP) is 5.52. The van der Waals surface area contributed by atoms with Gasteiger partial charge in [0, 0.05) is 22.3 Å². The molecule has 1 aliphatic heterocycles. The zero-order valence-electron chi connectivity index (χ0n) is 24.2. The molecule has 2 bridgehead atoms. The molecule has 6 rings (SSSR count). The van der Waals surface area contributed by atoms with E-state index in [1.54, 1.807) is 13.8 Å². The Morgan fingerprint density at radius 3 is 2.51 bits per heavy atom. The molecule has 1 saturated heterocycles. The molecule has 3 aliphatic rings. The van der Waals surface area contributed by atoms with E-state index in [2.05, 4.69) is 31.6 Å². The maximum atomic E-state index is 13.8. The van der Waals surface area contributed by atoms with Crippen LogP contribution < -0.4 is 10.2 Å². The predicted molar refractivity (Wildman–Crippen MR) is 161 cm³/mol. The molecule has 2 N–H and O–H groups in total. The van der Waals surface area contributed by atoms with Crippen molar-refractivity contribution < 1.29 is 14.7 Å². The molecule has 0 radical (unpaired) electrons. The molecule has 2 aliphatic carbocycles. The van der Waals surface area contributed by atoms with Crippen LogP contribution in [0.2, 0.25) is 0 Å². The molecule has 2 aromatic carbocycles. The zero-order valence-corrected chi connectivity index (χ0v) is 25.8. The highest BCUT2D eigenvalue weighted by atomic mass is 79.9. The third-order valence-electron chi connectivity index (χ3n) is 9.60. The number of nitrogens with one attached hydrogen (secondary N) is 1. The smallest absolute Gasteiger partial charge is 0.249 e. The number of benzene rings is 2. The Balaban J connectivity index is 1.17. The van der Waals surface area contributed by atoms with Gasteiger partial charge in [-0.1, -0.05) is 39.3 Å². The molecular formula is C32H38BrN5O3. The van der Waals surface area contributed by atoms with Crippen LogP contribution in [0.5, 0.6) is 0 Å². The number of carbonyl (C=O) groups is 2. The third-order valence-corrected chi connectivity index (χ3v) is 10.1. The first kappa shape index (κ1) is 28.1. The molecule has 0 spiro atoms. The topological polar surface area (TPSA) is 100 Å². The minimum atomic E-state index is -0.943. The highest BCUT2D eigenvalue weighted by molar-refractivity contribution is 9.10.